The highest BCUT2D eigenvalue weighted by atomic mass is 127. The van der Waals surface area contributed by atoms with Crippen molar-refractivity contribution in [1.29, 1.82) is 0 Å². The third-order valence-electron chi connectivity index (χ3n) is 7.69. The predicted molar refractivity (Wildman–Crippen MR) is 161 cm³/mol. The van der Waals surface area contributed by atoms with E-state index in [1.165, 1.54) is 135 Å². The molecule has 0 aromatic carbocycles. The molecule has 0 radical (unpaired) electrons. The molecule has 3 heteroatoms. The zero-order valence-electron chi connectivity index (χ0n) is 23.9. The Bertz CT molecular complexity index is 385. The second kappa shape index (κ2) is 24.3. The average molecular weight is 579 g/mol. The van der Waals surface area contributed by atoms with E-state index in [4.69, 9.17) is 0 Å². The summed E-state index contributed by atoms with van der Waals surface area (Å²) in [6.45, 7) is 4.63. The molecule has 200 valence electrons. The lowest BCUT2D eigenvalue weighted by Crippen LogP contribution is -2.32. The lowest BCUT2D eigenvalue weighted by Gasteiger charge is -2.29. The molecule has 3 atom stereocenters. The Labute approximate surface area is 224 Å². The van der Waals surface area contributed by atoms with Gasteiger partial charge in [-0.25, -0.2) is 0 Å². The fourth-order valence-electron chi connectivity index (χ4n) is 5.15. The summed E-state index contributed by atoms with van der Waals surface area (Å²) in [6.07, 6.45) is 30.0. The van der Waals surface area contributed by atoms with Crippen LogP contribution >= 0.6 is 22.6 Å². The van der Waals surface area contributed by atoms with Crippen LogP contribution in [0.3, 0.4) is 0 Å². The van der Waals surface area contributed by atoms with E-state index < -0.39 is 0 Å². The molecule has 33 heavy (non-hydrogen) atoms. The Morgan fingerprint density at radius 2 is 0.848 bits per heavy atom. The molecule has 0 aliphatic carbocycles. The van der Waals surface area contributed by atoms with Crippen molar-refractivity contribution < 1.29 is 0 Å². The maximum absolute atomic E-state index is 2.73. The second-order valence-corrected chi connectivity index (χ2v) is 12.9. The first-order valence-electron chi connectivity index (χ1n) is 14.9. The molecule has 0 aromatic heterocycles. The van der Waals surface area contributed by atoms with E-state index in [0.29, 0.717) is 0 Å². The molecule has 0 fully saturated rings. The molecule has 0 N–H and O–H groups in total. The van der Waals surface area contributed by atoms with Gasteiger partial charge in [-0.05, 0) is 66.7 Å². The summed E-state index contributed by atoms with van der Waals surface area (Å²) in [6, 6.07) is 1.49. The Balaban J connectivity index is 3.59. The monoisotopic (exact) mass is 578 g/mol. The molecule has 0 saturated carbocycles. The molecule has 0 aliphatic heterocycles. The maximum Gasteiger partial charge on any atom is 0.0110 e. The van der Waals surface area contributed by atoms with E-state index in [-0.39, 0.29) is 0 Å². The first kappa shape index (κ1) is 33.7. The van der Waals surface area contributed by atoms with Gasteiger partial charge in [-0.15, -0.1) is 0 Å². The molecule has 0 aliphatic rings. The zero-order chi connectivity index (χ0) is 24.7. The van der Waals surface area contributed by atoms with Crippen molar-refractivity contribution in [1.82, 2.24) is 9.80 Å². The van der Waals surface area contributed by atoms with Crippen molar-refractivity contribution in [3.63, 3.8) is 0 Å². The molecule has 0 spiro atoms. The third-order valence-corrected chi connectivity index (χ3v) is 8.94. The predicted octanol–water partition coefficient (Wildman–Crippen LogP) is 9.88. The summed E-state index contributed by atoms with van der Waals surface area (Å²) in [5.41, 5.74) is 0. The van der Waals surface area contributed by atoms with E-state index >= 15 is 0 Å². The largest absolute Gasteiger partial charge is 0.306 e. The molecular formula is C30H63IN2. The number of hydrogen-bond donors (Lipinski definition) is 0. The standard InChI is InChI=1S/C30H63IN2/c1-7-9-10-11-12-13-14-15-16-17-18-19-20-21-23-28(31)24-22-25-30(33(5)6)27-26-29(8-2)32(3)4/h28-30H,7-27H2,1-6H3. The highest BCUT2D eigenvalue weighted by Gasteiger charge is 2.16. The van der Waals surface area contributed by atoms with Crippen molar-refractivity contribution in [3.05, 3.63) is 0 Å². The maximum atomic E-state index is 2.73. The number of nitrogens with zero attached hydrogens (tertiary/aromatic N) is 2. The van der Waals surface area contributed by atoms with Gasteiger partial charge >= 0.3 is 0 Å². The Hall–Kier alpha value is 0.650. The second-order valence-electron chi connectivity index (χ2n) is 11.1. The van der Waals surface area contributed by atoms with Gasteiger partial charge in [-0.1, -0.05) is 133 Å². The van der Waals surface area contributed by atoms with Crippen LogP contribution in [0.2, 0.25) is 0 Å². The summed E-state index contributed by atoms with van der Waals surface area (Å²) in [4.78, 5) is 4.88. The van der Waals surface area contributed by atoms with Crippen LogP contribution in [0, 0.1) is 0 Å². The number of halogens is 1. The highest BCUT2D eigenvalue weighted by Crippen LogP contribution is 2.22. The Morgan fingerprint density at radius 1 is 0.455 bits per heavy atom. The number of unbranched alkanes of at least 4 members (excludes halogenated alkanes) is 13. The Morgan fingerprint density at radius 3 is 1.27 bits per heavy atom. The summed E-state index contributed by atoms with van der Waals surface area (Å²) < 4.78 is 0.882. The SMILES string of the molecule is CCCCCCCCCCCCCCCCC(I)CCCC(CCC(CC)N(C)C)N(C)C. The van der Waals surface area contributed by atoms with Gasteiger partial charge in [0, 0.05) is 16.0 Å². The first-order chi connectivity index (χ1) is 15.9. The van der Waals surface area contributed by atoms with E-state index in [2.05, 4.69) is 74.4 Å². The molecule has 0 bridgehead atoms. The lowest BCUT2D eigenvalue weighted by atomic mass is 9.97. The van der Waals surface area contributed by atoms with Gasteiger partial charge in [-0.3, -0.25) is 0 Å². The molecular weight excluding hydrogens is 515 g/mol. The van der Waals surface area contributed by atoms with Gasteiger partial charge in [0.1, 0.15) is 0 Å². The van der Waals surface area contributed by atoms with Crippen LogP contribution in [0.4, 0.5) is 0 Å². The number of rotatable bonds is 25. The van der Waals surface area contributed by atoms with Crippen LogP contribution in [0.1, 0.15) is 149 Å². The van der Waals surface area contributed by atoms with E-state index in [1.807, 2.05) is 0 Å². The van der Waals surface area contributed by atoms with Gasteiger partial charge in [0.15, 0.2) is 0 Å². The van der Waals surface area contributed by atoms with E-state index in [1.54, 1.807) is 0 Å². The molecule has 0 rings (SSSR count). The molecule has 3 unspecified atom stereocenters. The van der Waals surface area contributed by atoms with Crippen LogP contribution in [0.25, 0.3) is 0 Å². The third kappa shape index (κ3) is 21.6. The van der Waals surface area contributed by atoms with Gasteiger partial charge in [0.2, 0.25) is 0 Å². The summed E-state index contributed by atoms with van der Waals surface area (Å²) >= 11 is 2.73. The van der Waals surface area contributed by atoms with E-state index in [9.17, 15) is 0 Å². The van der Waals surface area contributed by atoms with Gasteiger partial charge in [0.25, 0.3) is 0 Å². The van der Waals surface area contributed by atoms with Crippen molar-refractivity contribution in [2.24, 2.45) is 0 Å². The fraction of sp³-hybridized carbons (Fsp3) is 1.00. The van der Waals surface area contributed by atoms with Gasteiger partial charge in [0.05, 0.1) is 0 Å². The van der Waals surface area contributed by atoms with Crippen molar-refractivity contribution in [2.75, 3.05) is 28.2 Å². The van der Waals surface area contributed by atoms with Crippen LogP contribution < -0.4 is 0 Å². The topological polar surface area (TPSA) is 6.48 Å². The quantitative estimate of drug-likeness (QED) is 0.0604. The summed E-state index contributed by atoms with van der Waals surface area (Å²) in [5.74, 6) is 0. The minimum atomic E-state index is 0.741. The first-order valence-corrected chi connectivity index (χ1v) is 16.1. The zero-order valence-corrected chi connectivity index (χ0v) is 26.0. The minimum absolute atomic E-state index is 0.741. The number of alkyl halides is 1. The Kier molecular flexibility index (Phi) is 24.8. The van der Waals surface area contributed by atoms with Crippen molar-refractivity contribution >= 4 is 22.6 Å². The van der Waals surface area contributed by atoms with Gasteiger partial charge in [-0.2, -0.15) is 0 Å². The van der Waals surface area contributed by atoms with Gasteiger partial charge < -0.3 is 9.80 Å². The lowest BCUT2D eigenvalue weighted by molar-refractivity contribution is 0.211. The van der Waals surface area contributed by atoms with E-state index in [0.717, 1.165) is 16.0 Å². The van der Waals surface area contributed by atoms with Crippen LogP contribution in [0.15, 0.2) is 0 Å². The minimum Gasteiger partial charge on any atom is -0.306 e. The van der Waals surface area contributed by atoms with Crippen LogP contribution in [0.5, 0.6) is 0 Å². The van der Waals surface area contributed by atoms with Crippen LogP contribution in [-0.2, 0) is 0 Å². The fourth-order valence-corrected chi connectivity index (χ4v) is 6.03. The molecule has 2 nitrogen and oxygen atoms in total. The van der Waals surface area contributed by atoms with Crippen molar-refractivity contribution in [2.45, 2.75) is 165 Å². The molecule has 0 amide bonds. The molecule has 0 heterocycles. The molecule has 0 aromatic rings. The number of hydrogen-bond acceptors (Lipinski definition) is 2. The highest BCUT2D eigenvalue weighted by molar-refractivity contribution is 14.1. The normalized spacial score (nSPS) is 14.8. The van der Waals surface area contributed by atoms with Crippen molar-refractivity contribution in [3.8, 4) is 0 Å². The smallest absolute Gasteiger partial charge is 0.0110 e. The molecule has 0 saturated heterocycles. The average Bonchev–Trinajstić information content (AvgIpc) is 2.78. The summed E-state index contributed by atoms with van der Waals surface area (Å²) in [7, 11) is 9.02. The van der Waals surface area contributed by atoms with Crippen LogP contribution in [-0.4, -0.2) is 54.0 Å². The summed E-state index contributed by atoms with van der Waals surface area (Å²) in [5, 5.41) is 0.